The molecule has 1 aromatic carbocycles. The lowest BCUT2D eigenvalue weighted by atomic mass is 10.1. The van der Waals surface area contributed by atoms with E-state index in [1.54, 1.807) is 6.26 Å². The predicted molar refractivity (Wildman–Crippen MR) is 67.5 cm³/mol. The number of aryl methyl sites for hydroxylation is 1. The fourth-order valence-electron chi connectivity index (χ4n) is 1.82. The van der Waals surface area contributed by atoms with Crippen molar-refractivity contribution >= 4 is 11.0 Å². The Labute approximate surface area is 101 Å². The van der Waals surface area contributed by atoms with Gasteiger partial charge in [0, 0.05) is 23.0 Å². The van der Waals surface area contributed by atoms with Gasteiger partial charge in [-0.2, -0.15) is 0 Å². The molecule has 92 valence electrons. The van der Waals surface area contributed by atoms with Crippen molar-refractivity contribution in [3.8, 4) is 0 Å². The summed E-state index contributed by atoms with van der Waals surface area (Å²) in [6.07, 6.45) is 1.70. The van der Waals surface area contributed by atoms with Crippen LogP contribution in [0.15, 0.2) is 22.8 Å². The van der Waals surface area contributed by atoms with Crippen LogP contribution in [0.1, 0.15) is 31.9 Å². The Hall–Kier alpha value is -1.35. The van der Waals surface area contributed by atoms with Crippen LogP contribution in [0.4, 0.5) is 4.39 Å². The van der Waals surface area contributed by atoms with E-state index >= 15 is 0 Å². The third-order valence-electron chi connectivity index (χ3n) is 2.71. The summed E-state index contributed by atoms with van der Waals surface area (Å²) >= 11 is 0. The van der Waals surface area contributed by atoms with Gasteiger partial charge in [0.1, 0.15) is 11.4 Å². The molecule has 0 amide bonds. The summed E-state index contributed by atoms with van der Waals surface area (Å²) < 4.78 is 18.9. The summed E-state index contributed by atoms with van der Waals surface area (Å²) in [5, 5.41) is 4.23. The van der Waals surface area contributed by atoms with Crippen molar-refractivity contribution in [1.29, 1.82) is 0 Å². The van der Waals surface area contributed by atoms with Crippen molar-refractivity contribution < 1.29 is 8.81 Å². The number of rotatable bonds is 2. The van der Waals surface area contributed by atoms with Gasteiger partial charge in [0.25, 0.3) is 0 Å². The van der Waals surface area contributed by atoms with Crippen LogP contribution in [-0.2, 0) is 6.54 Å². The van der Waals surface area contributed by atoms with Crippen molar-refractivity contribution in [3.05, 3.63) is 35.3 Å². The molecule has 0 fully saturated rings. The molecule has 3 heteroatoms. The molecule has 0 spiro atoms. The molecule has 0 saturated carbocycles. The van der Waals surface area contributed by atoms with E-state index in [2.05, 4.69) is 26.1 Å². The molecule has 0 aliphatic heterocycles. The standard InChI is InChI=1S/C14H18FNO/c1-9-5-11(15)6-12-10(8-17-13(9)12)7-16-14(2,3)4/h5-6,8,16H,7H2,1-4H3. The van der Waals surface area contributed by atoms with Crippen LogP contribution < -0.4 is 5.32 Å². The van der Waals surface area contributed by atoms with E-state index in [4.69, 9.17) is 4.42 Å². The zero-order valence-corrected chi connectivity index (χ0v) is 10.7. The Morgan fingerprint density at radius 2 is 2.00 bits per heavy atom. The molecule has 0 aliphatic rings. The second kappa shape index (κ2) is 4.15. The third kappa shape index (κ3) is 2.67. The Kier molecular flexibility index (Phi) is 2.96. The minimum Gasteiger partial charge on any atom is -0.464 e. The molecular formula is C14H18FNO. The number of hydrogen-bond donors (Lipinski definition) is 1. The molecule has 1 heterocycles. The summed E-state index contributed by atoms with van der Waals surface area (Å²) in [7, 11) is 0. The average molecular weight is 235 g/mol. The Morgan fingerprint density at radius 1 is 1.29 bits per heavy atom. The summed E-state index contributed by atoms with van der Waals surface area (Å²) in [5.74, 6) is -0.214. The largest absolute Gasteiger partial charge is 0.464 e. The van der Waals surface area contributed by atoms with Gasteiger partial charge in [0.2, 0.25) is 0 Å². The van der Waals surface area contributed by atoms with E-state index in [1.807, 2.05) is 6.92 Å². The minimum absolute atomic E-state index is 0.0337. The topological polar surface area (TPSA) is 25.2 Å². The molecule has 2 nitrogen and oxygen atoms in total. The quantitative estimate of drug-likeness (QED) is 0.857. The van der Waals surface area contributed by atoms with Crippen molar-refractivity contribution in [2.24, 2.45) is 0 Å². The molecule has 0 bridgehead atoms. The maximum atomic E-state index is 13.4. The summed E-state index contributed by atoms with van der Waals surface area (Å²) in [6, 6.07) is 3.03. The van der Waals surface area contributed by atoms with Gasteiger partial charge < -0.3 is 9.73 Å². The Bertz CT molecular complexity index is 537. The SMILES string of the molecule is Cc1cc(F)cc2c(CNC(C)(C)C)coc12. The predicted octanol–water partition coefficient (Wildman–Crippen LogP) is 3.77. The van der Waals surface area contributed by atoms with E-state index < -0.39 is 0 Å². The first-order valence-electron chi connectivity index (χ1n) is 5.78. The molecule has 0 radical (unpaired) electrons. The fraction of sp³-hybridized carbons (Fsp3) is 0.429. The lowest BCUT2D eigenvalue weighted by Gasteiger charge is -2.19. The molecule has 17 heavy (non-hydrogen) atoms. The van der Waals surface area contributed by atoms with Crippen LogP contribution in [0.3, 0.4) is 0 Å². The van der Waals surface area contributed by atoms with Crippen LogP contribution in [0.2, 0.25) is 0 Å². The highest BCUT2D eigenvalue weighted by molar-refractivity contribution is 5.83. The maximum Gasteiger partial charge on any atom is 0.137 e. The van der Waals surface area contributed by atoms with Crippen molar-refractivity contribution in [3.63, 3.8) is 0 Å². The lowest BCUT2D eigenvalue weighted by Crippen LogP contribution is -2.34. The molecule has 1 N–H and O–H groups in total. The second-order valence-corrected chi connectivity index (χ2v) is 5.46. The van der Waals surface area contributed by atoms with Crippen molar-refractivity contribution in [2.45, 2.75) is 39.8 Å². The van der Waals surface area contributed by atoms with Gasteiger partial charge in [-0.3, -0.25) is 0 Å². The van der Waals surface area contributed by atoms with E-state index in [0.29, 0.717) is 6.54 Å². The first-order valence-corrected chi connectivity index (χ1v) is 5.78. The molecular weight excluding hydrogens is 217 g/mol. The van der Waals surface area contributed by atoms with Gasteiger partial charge in [-0.25, -0.2) is 4.39 Å². The van der Waals surface area contributed by atoms with E-state index in [9.17, 15) is 4.39 Å². The van der Waals surface area contributed by atoms with Crippen LogP contribution in [0.25, 0.3) is 11.0 Å². The number of benzene rings is 1. The van der Waals surface area contributed by atoms with Crippen LogP contribution in [-0.4, -0.2) is 5.54 Å². The summed E-state index contributed by atoms with van der Waals surface area (Å²) in [4.78, 5) is 0. The zero-order valence-electron chi connectivity index (χ0n) is 10.7. The molecule has 2 aromatic rings. The molecule has 2 rings (SSSR count). The first kappa shape index (κ1) is 12.1. The van der Waals surface area contributed by atoms with Gasteiger partial charge in [0.05, 0.1) is 6.26 Å². The summed E-state index contributed by atoms with van der Waals surface area (Å²) in [6.45, 7) is 8.83. The monoisotopic (exact) mass is 235 g/mol. The number of hydrogen-bond acceptors (Lipinski definition) is 2. The zero-order chi connectivity index (χ0) is 12.6. The normalized spacial score (nSPS) is 12.3. The first-order chi connectivity index (χ1) is 7.87. The fourth-order valence-corrected chi connectivity index (χ4v) is 1.82. The summed E-state index contributed by atoms with van der Waals surface area (Å²) in [5.41, 5.74) is 2.64. The second-order valence-electron chi connectivity index (χ2n) is 5.46. The van der Waals surface area contributed by atoms with Crippen LogP contribution in [0.5, 0.6) is 0 Å². The molecule has 0 aliphatic carbocycles. The van der Waals surface area contributed by atoms with E-state index in [-0.39, 0.29) is 11.4 Å². The van der Waals surface area contributed by atoms with Crippen LogP contribution in [0, 0.1) is 12.7 Å². The molecule has 0 saturated heterocycles. The molecule has 0 atom stereocenters. The number of nitrogens with one attached hydrogen (secondary N) is 1. The van der Waals surface area contributed by atoms with Crippen molar-refractivity contribution in [2.75, 3.05) is 0 Å². The van der Waals surface area contributed by atoms with Gasteiger partial charge >= 0.3 is 0 Å². The lowest BCUT2D eigenvalue weighted by molar-refractivity contribution is 0.423. The highest BCUT2D eigenvalue weighted by atomic mass is 19.1. The Balaban J connectivity index is 2.36. The number of fused-ring (bicyclic) bond motifs is 1. The van der Waals surface area contributed by atoms with Crippen LogP contribution >= 0.6 is 0 Å². The maximum absolute atomic E-state index is 13.4. The highest BCUT2D eigenvalue weighted by Crippen LogP contribution is 2.25. The van der Waals surface area contributed by atoms with E-state index in [1.165, 1.54) is 12.1 Å². The number of halogens is 1. The van der Waals surface area contributed by atoms with E-state index in [0.717, 1.165) is 22.1 Å². The highest BCUT2D eigenvalue weighted by Gasteiger charge is 2.13. The van der Waals surface area contributed by atoms with Crippen molar-refractivity contribution in [1.82, 2.24) is 5.32 Å². The molecule has 0 unspecified atom stereocenters. The smallest absolute Gasteiger partial charge is 0.137 e. The van der Waals surface area contributed by atoms with Gasteiger partial charge in [-0.05, 0) is 45.4 Å². The van der Waals surface area contributed by atoms with Gasteiger partial charge in [-0.1, -0.05) is 0 Å². The Morgan fingerprint density at radius 3 is 2.65 bits per heavy atom. The minimum atomic E-state index is -0.214. The molecule has 1 aromatic heterocycles. The van der Waals surface area contributed by atoms with Gasteiger partial charge in [-0.15, -0.1) is 0 Å². The number of furan rings is 1. The average Bonchev–Trinajstić information content (AvgIpc) is 2.57. The van der Waals surface area contributed by atoms with Gasteiger partial charge in [0.15, 0.2) is 0 Å². The third-order valence-corrected chi connectivity index (χ3v) is 2.71.